The van der Waals surface area contributed by atoms with Crippen LogP contribution < -0.4 is 5.32 Å². The van der Waals surface area contributed by atoms with E-state index in [2.05, 4.69) is 21.2 Å². The molecule has 0 heterocycles. The molecule has 1 N–H and O–H groups in total. The zero-order valence-electron chi connectivity index (χ0n) is 9.27. The first-order chi connectivity index (χ1) is 8.21. The fourth-order valence-electron chi connectivity index (χ4n) is 1.25. The fraction of sp³-hybridized carbons (Fsp3) is 0.273. The van der Waals surface area contributed by atoms with Gasteiger partial charge in [-0.05, 0) is 25.1 Å². The zero-order valence-corrected chi connectivity index (χ0v) is 10.9. The van der Waals surface area contributed by atoms with Gasteiger partial charge in [0.05, 0.1) is 17.7 Å². The summed E-state index contributed by atoms with van der Waals surface area (Å²) in [5.41, 5.74) is -1.55. The van der Waals surface area contributed by atoms with E-state index in [1.807, 2.05) is 0 Å². The molecule has 0 spiro atoms. The Morgan fingerprint density at radius 3 is 2.44 bits per heavy atom. The van der Waals surface area contributed by atoms with Crippen molar-refractivity contribution < 1.29 is 22.8 Å². The van der Waals surface area contributed by atoms with Gasteiger partial charge in [-0.3, -0.25) is 9.59 Å². The van der Waals surface area contributed by atoms with Crippen LogP contribution in [-0.4, -0.2) is 18.2 Å². The van der Waals surface area contributed by atoms with Crippen molar-refractivity contribution in [1.29, 1.82) is 0 Å². The molecule has 1 aromatic rings. The summed E-state index contributed by atoms with van der Waals surface area (Å²) in [6.45, 7) is 0.929. The van der Waals surface area contributed by atoms with E-state index in [1.54, 1.807) is 0 Å². The summed E-state index contributed by atoms with van der Waals surface area (Å²) in [6.07, 6.45) is -4.63. The number of halogens is 4. The highest BCUT2D eigenvalue weighted by Crippen LogP contribution is 2.33. The van der Waals surface area contributed by atoms with Gasteiger partial charge in [0.1, 0.15) is 5.78 Å². The van der Waals surface area contributed by atoms with Gasteiger partial charge in [-0.15, -0.1) is 0 Å². The van der Waals surface area contributed by atoms with Gasteiger partial charge in [0, 0.05) is 4.47 Å². The smallest absolute Gasteiger partial charge is 0.345 e. The predicted molar refractivity (Wildman–Crippen MR) is 62.2 cm³/mol. The van der Waals surface area contributed by atoms with Gasteiger partial charge in [0.15, 0.2) is 0 Å². The number of alkyl halides is 3. The molecular weight excluding hydrogens is 315 g/mol. The summed E-state index contributed by atoms with van der Waals surface area (Å²) in [4.78, 5) is 22.2. The van der Waals surface area contributed by atoms with E-state index in [0.717, 1.165) is 12.1 Å². The first-order valence-electron chi connectivity index (χ1n) is 4.86. The molecule has 0 radical (unpaired) electrons. The van der Waals surface area contributed by atoms with Crippen LogP contribution in [0.3, 0.4) is 0 Å². The molecule has 98 valence electrons. The number of nitrogens with one attached hydrogen (secondary N) is 1. The van der Waals surface area contributed by atoms with Gasteiger partial charge >= 0.3 is 6.18 Å². The standard InChI is InChI=1S/C11H9BrF3NO2/c1-6(17)5-16-10(18)8-3-2-7(12)4-9(8)11(13,14)15/h2-4H,5H2,1H3,(H,16,18). The van der Waals surface area contributed by atoms with Gasteiger partial charge in [-0.1, -0.05) is 15.9 Å². The summed E-state index contributed by atoms with van der Waals surface area (Å²) < 4.78 is 38.4. The van der Waals surface area contributed by atoms with Crippen LogP contribution in [0.2, 0.25) is 0 Å². The first-order valence-corrected chi connectivity index (χ1v) is 5.65. The summed E-state index contributed by atoms with van der Waals surface area (Å²) in [6, 6.07) is 3.21. The van der Waals surface area contributed by atoms with Crippen LogP contribution in [0.4, 0.5) is 13.2 Å². The van der Waals surface area contributed by atoms with Crippen molar-refractivity contribution in [3.8, 4) is 0 Å². The Morgan fingerprint density at radius 2 is 1.94 bits per heavy atom. The average Bonchev–Trinajstić information content (AvgIpc) is 2.24. The molecule has 0 saturated heterocycles. The zero-order chi connectivity index (χ0) is 13.9. The van der Waals surface area contributed by atoms with Crippen LogP contribution in [0.25, 0.3) is 0 Å². The van der Waals surface area contributed by atoms with Crippen LogP contribution in [-0.2, 0) is 11.0 Å². The highest BCUT2D eigenvalue weighted by atomic mass is 79.9. The topological polar surface area (TPSA) is 46.2 Å². The Morgan fingerprint density at radius 1 is 1.33 bits per heavy atom. The molecule has 1 aromatic carbocycles. The van der Waals surface area contributed by atoms with E-state index in [-0.39, 0.29) is 16.8 Å². The number of ketones is 1. The normalized spacial score (nSPS) is 11.2. The molecule has 0 aliphatic rings. The number of rotatable bonds is 3. The highest BCUT2D eigenvalue weighted by Gasteiger charge is 2.35. The van der Waals surface area contributed by atoms with Crippen molar-refractivity contribution in [1.82, 2.24) is 5.32 Å². The quantitative estimate of drug-likeness (QED) is 0.929. The van der Waals surface area contributed by atoms with Crippen molar-refractivity contribution in [3.63, 3.8) is 0 Å². The van der Waals surface area contributed by atoms with Crippen LogP contribution in [0.1, 0.15) is 22.8 Å². The maximum Gasteiger partial charge on any atom is 0.417 e. The van der Waals surface area contributed by atoms with E-state index in [9.17, 15) is 22.8 Å². The number of hydrogen-bond acceptors (Lipinski definition) is 2. The maximum absolute atomic E-state index is 12.7. The van der Waals surface area contributed by atoms with Gasteiger partial charge < -0.3 is 5.32 Å². The van der Waals surface area contributed by atoms with Crippen molar-refractivity contribution in [2.24, 2.45) is 0 Å². The second-order valence-corrected chi connectivity index (χ2v) is 4.49. The number of carbonyl (C=O) groups is 2. The van der Waals surface area contributed by atoms with Crippen LogP contribution in [0, 0.1) is 0 Å². The Hall–Kier alpha value is -1.37. The van der Waals surface area contributed by atoms with Gasteiger partial charge in [0.2, 0.25) is 0 Å². The minimum Gasteiger partial charge on any atom is -0.345 e. The highest BCUT2D eigenvalue weighted by molar-refractivity contribution is 9.10. The van der Waals surface area contributed by atoms with Crippen molar-refractivity contribution in [2.45, 2.75) is 13.1 Å². The molecule has 18 heavy (non-hydrogen) atoms. The lowest BCUT2D eigenvalue weighted by atomic mass is 10.1. The second-order valence-electron chi connectivity index (χ2n) is 3.57. The Labute approximate surface area is 109 Å². The molecule has 7 heteroatoms. The molecule has 3 nitrogen and oxygen atoms in total. The van der Waals surface area contributed by atoms with Crippen molar-refractivity contribution in [3.05, 3.63) is 33.8 Å². The van der Waals surface area contributed by atoms with Gasteiger partial charge in [-0.25, -0.2) is 0 Å². The number of Topliss-reactive ketones (excluding diaryl/α,β-unsaturated/α-hetero) is 1. The first kappa shape index (κ1) is 14.7. The van der Waals surface area contributed by atoms with Crippen LogP contribution >= 0.6 is 15.9 Å². The van der Waals surface area contributed by atoms with E-state index in [0.29, 0.717) is 0 Å². The number of carbonyl (C=O) groups excluding carboxylic acids is 2. The molecule has 0 saturated carbocycles. The average molecular weight is 324 g/mol. The Kier molecular flexibility index (Phi) is 4.50. The van der Waals surface area contributed by atoms with E-state index < -0.39 is 23.2 Å². The molecule has 1 amide bonds. The summed E-state index contributed by atoms with van der Waals surface area (Å²) in [5, 5.41) is 2.13. The molecule has 1 rings (SSSR count). The summed E-state index contributed by atoms with van der Waals surface area (Å²) >= 11 is 2.91. The van der Waals surface area contributed by atoms with E-state index >= 15 is 0 Å². The molecule has 0 aliphatic carbocycles. The Bertz CT molecular complexity index is 486. The van der Waals surface area contributed by atoms with Crippen LogP contribution in [0.5, 0.6) is 0 Å². The van der Waals surface area contributed by atoms with E-state index in [1.165, 1.54) is 13.0 Å². The second kappa shape index (κ2) is 5.51. The fourth-order valence-corrected chi connectivity index (χ4v) is 1.61. The molecule has 0 aromatic heterocycles. The summed E-state index contributed by atoms with van der Waals surface area (Å²) in [7, 11) is 0. The number of hydrogen-bond donors (Lipinski definition) is 1. The largest absolute Gasteiger partial charge is 0.417 e. The molecular formula is C11H9BrF3NO2. The maximum atomic E-state index is 12.7. The van der Waals surface area contributed by atoms with E-state index in [4.69, 9.17) is 0 Å². The SMILES string of the molecule is CC(=O)CNC(=O)c1ccc(Br)cc1C(F)(F)F. The Balaban J connectivity index is 3.08. The number of benzene rings is 1. The lowest BCUT2D eigenvalue weighted by molar-refractivity contribution is -0.138. The molecule has 0 bridgehead atoms. The van der Waals surface area contributed by atoms with Crippen molar-refractivity contribution >= 4 is 27.6 Å². The third-order valence-electron chi connectivity index (χ3n) is 2.03. The molecule has 0 aliphatic heterocycles. The molecule has 0 atom stereocenters. The predicted octanol–water partition coefficient (Wildman–Crippen LogP) is 2.79. The third-order valence-corrected chi connectivity index (χ3v) is 2.52. The van der Waals surface area contributed by atoms with Gasteiger partial charge in [0.25, 0.3) is 5.91 Å². The molecule has 0 fully saturated rings. The van der Waals surface area contributed by atoms with Crippen LogP contribution in [0.15, 0.2) is 22.7 Å². The molecule has 0 unspecified atom stereocenters. The minimum atomic E-state index is -4.63. The summed E-state index contributed by atoms with van der Waals surface area (Å²) in [5.74, 6) is -1.26. The lowest BCUT2D eigenvalue weighted by Gasteiger charge is -2.12. The van der Waals surface area contributed by atoms with Crippen molar-refractivity contribution in [2.75, 3.05) is 6.54 Å². The third kappa shape index (κ3) is 3.83. The van der Waals surface area contributed by atoms with Gasteiger partial charge in [-0.2, -0.15) is 13.2 Å². The number of amides is 1. The minimum absolute atomic E-state index is 0.220. The monoisotopic (exact) mass is 323 g/mol. The lowest BCUT2D eigenvalue weighted by Crippen LogP contribution is -2.30.